The Bertz CT molecular complexity index is 1280. The Balaban J connectivity index is 1.73. The average Bonchev–Trinajstić information content (AvgIpc) is 2.77. The summed E-state index contributed by atoms with van der Waals surface area (Å²) < 4.78 is 1.73. The van der Waals surface area contributed by atoms with E-state index in [1.54, 1.807) is 16.3 Å². The van der Waals surface area contributed by atoms with Crippen LogP contribution in [0.3, 0.4) is 0 Å². The molecule has 0 spiro atoms. The van der Waals surface area contributed by atoms with Crippen molar-refractivity contribution in [2.45, 2.75) is 37.1 Å². The second-order valence-corrected chi connectivity index (χ2v) is 10.1. The van der Waals surface area contributed by atoms with Crippen molar-refractivity contribution in [3.05, 3.63) is 94.3 Å². The first-order valence-electron chi connectivity index (χ1n) is 10.8. The summed E-state index contributed by atoms with van der Waals surface area (Å²) in [5, 5.41) is 1.33. The van der Waals surface area contributed by atoms with Crippen molar-refractivity contribution in [3.63, 3.8) is 0 Å². The van der Waals surface area contributed by atoms with Crippen LogP contribution >= 0.6 is 11.8 Å². The fraction of sp³-hybridized carbons (Fsp3) is 0.259. The molecule has 1 aromatic heterocycles. The first-order chi connectivity index (χ1) is 15.2. The third-order valence-corrected chi connectivity index (χ3v) is 6.57. The Hall–Kier alpha value is -3.05. The lowest BCUT2D eigenvalue weighted by Crippen LogP contribution is -2.22. The number of benzene rings is 3. The molecule has 0 radical (unpaired) electrons. The van der Waals surface area contributed by atoms with Crippen molar-refractivity contribution >= 4 is 28.4 Å². The lowest BCUT2D eigenvalue weighted by atomic mass is 9.87. The molecule has 164 valence electrons. The predicted molar refractivity (Wildman–Crippen MR) is 136 cm³/mol. The molecule has 32 heavy (non-hydrogen) atoms. The number of anilines is 1. The molecule has 1 heterocycles. The van der Waals surface area contributed by atoms with Gasteiger partial charge in [0, 0.05) is 25.5 Å². The molecule has 3 aromatic carbocycles. The molecular formula is C27H29N3OS. The molecular weight excluding hydrogens is 414 g/mol. The summed E-state index contributed by atoms with van der Waals surface area (Å²) in [5.74, 6) is 0.741. The first kappa shape index (κ1) is 22.2. The quantitative estimate of drug-likeness (QED) is 0.278. The van der Waals surface area contributed by atoms with E-state index in [0.29, 0.717) is 10.5 Å². The van der Waals surface area contributed by atoms with Gasteiger partial charge in [0.2, 0.25) is 0 Å². The van der Waals surface area contributed by atoms with Crippen molar-refractivity contribution in [1.29, 1.82) is 0 Å². The van der Waals surface area contributed by atoms with Crippen molar-refractivity contribution in [1.82, 2.24) is 9.55 Å². The van der Waals surface area contributed by atoms with E-state index in [-0.39, 0.29) is 11.0 Å². The van der Waals surface area contributed by atoms with Crippen LogP contribution in [-0.2, 0) is 11.2 Å². The number of thioether (sulfide) groups is 1. The van der Waals surface area contributed by atoms with Crippen LogP contribution < -0.4 is 10.5 Å². The van der Waals surface area contributed by atoms with E-state index in [4.69, 9.17) is 4.98 Å². The van der Waals surface area contributed by atoms with Crippen LogP contribution in [0.5, 0.6) is 0 Å². The minimum atomic E-state index is -0.0428. The number of hydrogen-bond acceptors (Lipinski definition) is 4. The fourth-order valence-corrected chi connectivity index (χ4v) is 4.55. The van der Waals surface area contributed by atoms with E-state index in [1.165, 1.54) is 11.1 Å². The summed E-state index contributed by atoms with van der Waals surface area (Å²) in [7, 11) is 4.01. The highest BCUT2D eigenvalue weighted by Crippen LogP contribution is 2.27. The average molecular weight is 444 g/mol. The molecule has 0 bridgehead atoms. The van der Waals surface area contributed by atoms with Crippen molar-refractivity contribution in [2.24, 2.45) is 0 Å². The van der Waals surface area contributed by atoms with Crippen LogP contribution in [0.25, 0.3) is 16.6 Å². The number of rotatable bonds is 5. The lowest BCUT2D eigenvalue weighted by Gasteiger charge is -2.19. The number of para-hydroxylation sites is 1. The van der Waals surface area contributed by atoms with Crippen LogP contribution in [0.2, 0.25) is 0 Å². The SMILES string of the molecule is CN(C)c1ccc(-n2c(SCc3ccc(C(C)(C)C)cc3)nc3ccccc3c2=O)cc1. The molecule has 0 N–H and O–H groups in total. The van der Waals surface area contributed by atoms with Crippen LogP contribution in [0.4, 0.5) is 5.69 Å². The molecule has 0 amide bonds. The van der Waals surface area contributed by atoms with Gasteiger partial charge in [-0.1, -0.05) is 68.9 Å². The highest BCUT2D eigenvalue weighted by molar-refractivity contribution is 7.98. The van der Waals surface area contributed by atoms with Gasteiger partial charge in [-0.25, -0.2) is 4.98 Å². The molecule has 0 aliphatic rings. The standard InChI is InChI=1S/C27H29N3OS/c1-27(2,3)20-12-10-19(11-13-20)18-32-26-28-24-9-7-6-8-23(24)25(31)30(26)22-16-14-21(15-17-22)29(4)5/h6-17H,18H2,1-5H3. The van der Waals surface area contributed by atoms with Gasteiger partial charge in [0.05, 0.1) is 16.6 Å². The highest BCUT2D eigenvalue weighted by atomic mass is 32.2. The second-order valence-electron chi connectivity index (χ2n) is 9.20. The van der Waals surface area contributed by atoms with E-state index < -0.39 is 0 Å². The largest absolute Gasteiger partial charge is 0.378 e. The van der Waals surface area contributed by atoms with Crippen LogP contribution in [-0.4, -0.2) is 23.6 Å². The Morgan fingerprint density at radius 2 is 1.56 bits per heavy atom. The summed E-state index contributed by atoms with van der Waals surface area (Å²) in [6.45, 7) is 6.65. The zero-order valence-corrected chi connectivity index (χ0v) is 20.1. The Kier molecular flexibility index (Phi) is 6.11. The molecule has 0 saturated carbocycles. The first-order valence-corrected chi connectivity index (χ1v) is 11.7. The Morgan fingerprint density at radius 1 is 0.906 bits per heavy atom. The van der Waals surface area contributed by atoms with Gasteiger partial charge >= 0.3 is 0 Å². The lowest BCUT2D eigenvalue weighted by molar-refractivity contribution is 0.590. The molecule has 0 saturated heterocycles. The van der Waals surface area contributed by atoms with Gasteiger partial charge in [-0.3, -0.25) is 9.36 Å². The normalized spacial score (nSPS) is 11.7. The van der Waals surface area contributed by atoms with Crippen LogP contribution in [0.15, 0.2) is 82.7 Å². The number of hydrogen-bond donors (Lipinski definition) is 0. The van der Waals surface area contributed by atoms with Gasteiger partial charge in [0.25, 0.3) is 5.56 Å². The predicted octanol–water partition coefficient (Wildman–Crippen LogP) is 6.04. The van der Waals surface area contributed by atoms with Crippen molar-refractivity contribution in [2.75, 3.05) is 19.0 Å². The summed E-state index contributed by atoms with van der Waals surface area (Å²) in [4.78, 5) is 20.3. The van der Waals surface area contributed by atoms with E-state index in [9.17, 15) is 4.79 Å². The van der Waals surface area contributed by atoms with Gasteiger partial charge in [0.15, 0.2) is 5.16 Å². The molecule has 5 heteroatoms. The topological polar surface area (TPSA) is 38.1 Å². The Labute approximate surface area is 193 Å². The van der Waals surface area contributed by atoms with Crippen LogP contribution in [0, 0.1) is 0 Å². The Morgan fingerprint density at radius 3 is 2.19 bits per heavy atom. The molecule has 0 atom stereocenters. The summed E-state index contributed by atoms with van der Waals surface area (Å²) >= 11 is 1.59. The number of fused-ring (bicyclic) bond motifs is 1. The minimum Gasteiger partial charge on any atom is -0.378 e. The third kappa shape index (κ3) is 4.58. The zero-order valence-electron chi connectivity index (χ0n) is 19.3. The van der Waals surface area contributed by atoms with Gasteiger partial charge in [-0.2, -0.15) is 0 Å². The van der Waals surface area contributed by atoms with Crippen molar-refractivity contribution < 1.29 is 0 Å². The maximum absolute atomic E-state index is 13.4. The molecule has 4 rings (SSSR count). The minimum absolute atomic E-state index is 0.0428. The molecule has 0 fully saturated rings. The summed E-state index contributed by atoms with van der Waals surface area (Å²) in [5.41, 5.74) is 5.24. The monoisotopic (exact) mass is 443 g/mol. The van der Waals surface area contributed by atoms with Gasteiger partial charge in [0.1, 0.15) is 0 Å². The van der Waals surface area contributed by atoms with Crippen LogP contribution in [0.1, 0.15) is 31.9 Å². The smallest absolute Gasteiger partial charge is 0.266 e. The van der Waals surface area contributed by atoms with E-state index in [1.807, 2.05) is 67.5 Å². The van der Waals surface area contributed by atoms with E-state index >= 15 is 0 Å². The second kappa shape index (κ2) is 8.83. The molecule has 4 nitrogen and oxygen atoms in total. The molecule has 0 aliphatic heterocycles. The van der Waals surface area contributed by atoms with Crippen molar-refractivity contribution in [3.8, 4) is 5.69 Å². The number of aromatic nitrogens is 2. The van der Waals surface area contributed by atoms with Gasteiger partial charge in [-0.15, -0.1) is 0 Å². The maximum Gasteiger partial charge on any atom is 0.266 e. The molecule has 4 aromatic rings. The number of nitrogens with zero attached hydrogens (tertiary/aromatic N) is 3. The van der Waals surface area contributed by atoms with Gasteiger partial charge < -0.3 is 4.90 Å². The molecule has 0 unspecified atom stereocenters. The summed E-state index contributed by atoms with van der Waals surface area (Å²) in [6.07, 6.45) is 0. The fourth-order valence-electron chi connectivity index (χ4n) is 3.59. The van der Waals surface area contributed by atoms with E-state index in [2.05, 4.69) is 45.0 Å². The zero-order chi connectivity index (χ0) is 22.9. The molecule has 0 aliphatic carbocycles. The van der Waals surface area contributed by atoms with Gasteiger partial charge in [-0.05, 0) is 52.9 Å². The van der Waals surface area contributed by atoms with E-state index in [0.717, 1.165) is 22.6 Å². The highest BCUT2D eigenvalue weighted by Gasteiger charge is 2.15. The third-order valence-electron chi connectivity index (χ3n) is 5.56. The maximum atomic E-state index is 13.4. The summed E-state index contributed by atoms with van der Waals surface area (Å²) in [6, 6.07) is 24.3.